The monoisotopic (exact) mass is 119 g/mol. The van der Waals surface area contributed by atoms with Crippen molar-refractivity contribution < 1.29 is 0 Å². The molecule has 0 aliphatic carbocycles. The summed E-state index contributed by atoms with van der Waals surface area (Å²) in [4.78, 5) is 9.35. The third kappa shape index (κ3) is 1.40. The number of hydrogen-bond acceptors (Lipinski definition) is 3. The topological polar surface area (TPSA) is 74.5 Å². The van der Waals surface area contributed by atoms with Gasteiger partial charge in [0.25, 0.3) is 0 Å². The van der Waals surface area contributed by atoms with Crippen LogP contribution >= 0.6 is 0 Å². The molecule has 0 atom stereocenters. The third-order valence-electron chi connectivity index (χ3n) is 0.617. The summed E-state index contributed by atoms with van der Waals surface area (Å²) in [5.74, 6) is 0. The molecule has 42 valence electrons. The highest BCUT2D eigenvalue weighted by atomic mass is 15.1. The van der Waals surface area contributed by atoms with Gasteiger partial charge in [0, 0.05) is 11.1 Å². The van der Waals surface area contributed by atoms with Crippen LogP contribution in [0.5, 0.6) is 0 Å². The second-order valence-corrected chi connectivity index (χ2v) is 1.16. The summed E-state index contributed by atoms with van der Waals surface area (Å²) in [5, 5.41) is 3.19. The summed E-state index contributed by atoms with van der Waals surface area (Å²) in [6, 6.07) is 0. The molecule has 1 rings (SSSR count). The third-order valence-corrected chi connectivity index (χ3v) is 0.617. The minimum Gasteiger partial charge on any atom is -0.233 e. The minimum atomic E-state index is 0.274. The van der Waals surface area contributed by atoms with Crippen LogP contribution in [-0.2, 0) is 0 Å². The number of nitrogens with zero attached hydrogens (tertiary/aromatic N) is 5. The van der Waals surface area contributed by atoms with E-state index in [2.05, 4.69) is 32.5 Å². The highest BCUT2D eigenvalue weighted by molar-refractivity contribution is 5.26. The maximum absolute atomic E-state index is 7.89. The van der Waals surface area contributed by atoms with Crippen molar-refractivity contribution in [2.24, 2.45) is 5.11 Å². The first-order chi connectivity index (χ1) is 4.43. The van der Waals surface area contributed by atoms with Gasteiger partial charge in [-0.2, -0.15) is 0 Å². The molecule has 5 heteroatoms. The van der Waals surface area contributed by atoms with Crippen LogP contribution in [0, 0.1) is 12.5 Å². The zero-order valence-corrected chi connectivity index (χ0v) is 4.31. The smallest absolute Gasteiger partial charge is 0.198 e. The Morgan fingerprint density at radius 3 is 3.22 bits per heavy atom. The quantitative estimate of drug-likeness (QED) is 0.314. The average molecular weight is 119 g/mol. The lowest BCUT2D eigenvalue weighted by molar-refractivity contribution is 1.13. The van der Waals surface area contributed by atoms with Crippen molar-refractivity contribution in [3.05, 3.63) is 29.2 Å². The van der Waals surface area contributed by atoms with Crippen LogP contribution in [0.4, 0.5) is 5.69 Å². The van der Waals surface area contributed by atoms with Gasteiger partial charge < -0.3 is 0 Å². The van der Waals surface area contributed by atoms with E-state index < -0.39 is 0 Å². The summed E-state index contributed by atoms with van der Waals surface area (Å²) < 4.78 is 0. The molecular weight excluding hydrogens is 118 g/mol. The molecule has 2 radical (unpaired) electrons. The molecule has 0 aliphatic rings. The van der Waals surface area contributed by atoms with Gasteiger partial charge >= 0.3 is 0 Å². The molecule has 0 saturated carbocycles. The fourth-order valence-electron chi connectivity index (χ4n) is 0.326. The number of aromatic nitrogens is 2. The van der Waals surface area contributed by atoms with Crippen LogP contribution in [0.15, 0.2) is 11.3 Å². The molecule has 0 amide bonds. The molecule has 0 unspecified atom stereocenters. The number of hydrogen-bond donors (Lipinski definition) is 0. The van der Waals surface area contributed by atoms with E-state index in [9.17, 15) is 0 Å². The SMILES string of the molecule is [N-]=[N+]=Nc1[c]n[c]nc1. The predicted molar refractivity (Wildman–Crippen MR) is 28.5 cm³/mol. The molecule has 1 heterocycles. The molecule has 0 bridgehead atoms. The van der Waals surface area contributed by atoms with E-state index in [1.54, 1.807) is 0 Å². The van der Waals surface area contributed by atoms with E-state index in [-0.39, 0.29) is 5.69 Å². The van der Waals surface area contributed by atoms with E-state index in [1.807, 2.05) is 0 Å². The van der Waals surface area contributed by atoms with Gasteiger partial charge in [0.15, 0.2) is 6.33 Å². The molecule has 0 N–H and O–H groups in total. The predicted octanol–water partition coefficient (Wildman–Crippen LogP) is 1.02. The zero-order valence-electron chi connectivity index (χ0n) is 4.31. The van der Waals surface area contributed by atoms with Gasteiger partial charge in [-0.1, -0.05) is 5.11 Å². The maximum Gasteiger partial charge on any atom is 0.198 e. The highest BCUT2D eigenvalue weighted by Crippen LogP contribution is 2.03. The fraction of sp³-hybridized carbons (Fsp3) is 0. The van der Waals surface area contributed by atoms with Crippen molar-refractivity contribution in [1.82, 2.24) is 9.97 Å². The second kappa shape index (κ2) is 2.64. The van der Waals surface area contributed by atoms with E-state index >= 15 is 0 Å². The van der Waals surface area contributed by atoms with Gasteiger partial charge in [0.05, 0.1) is 5.69 Å². The number of rotatable bonds is 1. The van der Waals surface area contributed by atoms with Crippen molar-refractivity contribution in [3.8, 4) is 0 Å². The van der Waals surface area contributed by atoms with Crippen molar-refractivity contribution in [3.63, 3.8) is 0 Å². The first-order valence-electron chi connectivity index (χ1n) is 2.09. The normalized spacial score (nSPS) is 8.00. The van der Waals surface area contributed by atoms with Gasteiger partial charge in [-0.05, 0) is 5.53 Å². The molecule has 0 aliphatic heterocycles. The lowest BCUT2D eigenvalue weighted by Gasteiger charge is -1.80. The van der Waals surface area contributed by atoms with Gasteiger partial charge in [0.1, 0.15) is 6.20 Å². The molecule has 9 heavy (non-hydrogen) atoms. The molecule has 1 aromatic rings. The van der Waals surface area contributed by atoms with Crippen molar-refractivity contribution >= 4 is 5.69 Å². The summed E-state index contributed by atoms with van der Waals surface area (Å²) in [6.45, 7) is 0. The van der Waals surface area contributed by atoms with E-state index in [1.165, 1.54) is 6.20 Å². The lowest BCUT2D eigenvalue weighted by atomic mass is 10.6. The Morgan fingerprint density at radius 1 is 1.78 bits per heavy atom. The fourth-order valence-corrected chi connectivity index (χ4v) is 0.326. The van der Waals surface area contributed by atoms with Gasteiger partial charge in [-0.3, -0.25) is 0 Å². The van der Waals surface area contributed by atoms with Crippen LogP contribution in [0.2, 0.25) is 0 Å². The van der Waals surface area contributed by atoms with Crippen LogP contribution in [-0.4, -0.2) is 9.97 Å². The summed E-state index contributed by atoms with van der Waals surface area (Å²) in [7, 11) is 0. The van der Waals surface area contributed by atoms with Crippen LogP contribution in [0.1, 0.15) is 0 Å². The Morgan fingerprint density at radius 2 is 2.67 bits per heavy atom. The second-order valence-electron chi connectivity index (χ2n) is 1.16. The summed E-state index contributed by atoms with van der Waals surface area (Å²) in [6.07, 6.45) is 5.96. The first-order valence-corrected chi connectivity index (χ1v) is 2.09. The Hall–Kier alpha value is -1.61. The van der Waals surface area contributed by atoms with Crippen molar-refractivity contribution in [2.75, 3.05) is 0 Å². The van der Waals surface area contributed by atoms with Gasteiger partial charge in [-0.25, -0.2) is 9.97 Å². The summed E-state index contributed by atoms with van der Waals surface area (Å²) in [5.41, 5.74) is 8.17. The highest BCUT2D eigenvalue weighted by Gasteiger charge is 1.83. The average Bonchev–Trinajstić information content (AvgIpc) is 1.91. The molecule has 0 saturated heterocycles. The largest absolute Gasteiger partial charge is 0.233 e. The molecule has 0 fully saturated rings. The minimum absolute atomic E-state index is 0.274. The van der Waals surface area contributed by atoms with Gasteiger partial charge in [0.2, 0.25) is 0 Å². The first kappa shape index (κ1) is 5.53. The standard InChI is InChI=1S/C4HN5/c5-9-8-4-1-6-3-7-2-4/h1H. The Bertz CT molecular complexity index is 224. The molecule has 0 spiro atoms. The van der Waals surface area contributed by atoms with E-state index in [4.69, 9.17) is 5.53 Å². The van der Waals surface area contributed by atoms with Crippen molar-refractivity contribution in [2.45, 2.75) is 0 Å². The van der Waals surface area contributed by atoms with Crippen LogP contribution in [0.3, 0.4) is 0 Å². The molecular formula is C4HN5. The van der Waals surface area contributed by atoms with Crippen molar-refractivity contribution in [1.29, 1.82) is 0 Å². The molecule has 1 aromatic heterocycles. The zero-order chi connectivity index (χ0) is 6.53. The van der Waals surface area contributed by atoms with Crippen LogP contribution < -0.4 is 0 Å². The Labute approximate surface area is 51.0 Å². The van der Waals surface area contributed by atoms with E-state index in [0.29, 0.717) is 0 Å². The summed E-state index contributed by atoms with van der Waals surface area (Å²) >= 11 is 0. The Kier molecular flexibility index (Phi) is 1.62. The maximum atomic E-state index is 7.89. The van der Waals surface area contributed by atoms with Crippen LogP contribution in [0.25, 0.3) is 10.4 Å². The van der Waals surface area contributed by atoms with E-state index in [0.717, 1.165) is 0 Å². The molecule has 0 aromatic carbocycles. The van der Waals surface area contributed by atoms with Gasteiger partial charge in [-0.15, -0.1) is 0 Å². The molecule has 5 nitrogen and oxygen atoms in total. The lowest BCUT2D eigenvalue weighted by Crippen LogP contribution is -1.73. The Balaban J connectivity index is 2.97. The number of azide groups is 1.